The Hall–Kier alpha value is 0.0348. The largest absolute Gasteiger partial charge is 0.488 e. The van der Waals surface area contributed by atoms with Crippen molar-refractivity contribution in [2.45, 2.75) is 70.2 Å². The fraction of sp³-hybridized carbons (Fsp3) is 1.00. The Morgan fingerprint density at radius 3 is 1.61 bits per heavy atom. The standard InChI is InChI=1S/C11H20B3O4/c1-8(2)9(3,4)16-13(15-8)14-17-10(5)7-12-11(10,6)18-14/h7H2,1-6H3. The molecule has 0 N–H and O–H groups in total. The van der Waals surface area contributed by atoms with Crippen LogP contribution in [0.2, 0.25) is 6.32 Å². The van der Waals surface area contributed by atoms with Crippen LogP contribution in [0.15, 0.2) is 0 Å². The van der Waals surface area contributed by atoms with Gasteiger partial charge in [0.1, 0.15) is 0 Å². The number of rotatable bonds is 1. The molecule has 0 spiro atoms. The van der Waals surface area contributed by atoms with Crippen molar-refractivity contribution in [2.24, 2.45) is 0 Å². The van der Waals surface area contributed by atoms with Crippen LogP contribution in [0.25, 0.3) is 0 Å². The van der Waals surface area contributed by atoms with Crippen LogP contribution < -0.4 is 0 Å². The van der Waals surface area contributed by atoms with Crippen molar-refractivity contribution in [3.05, 3.63) is 0 Å². The third kappa shape index (κ3) is 1.51. The van der Waals surface area contributed by atoms with Gasteiger partial charge < -0.3 is 18.6 Å². The minimum absolute atomic E-state index is 0.235. The highest BCUT2D eigenvalue weighted by atomic mass is 16.7. The van der Waals surface area contributed by atoms with E-state index in [0.717, 1.165) is 6.32 Å². The van der Waals surface area contributed by atoms with Gasteiger partial charge in [-0.2, -0.15) is 0 Å². The van der Waals surface area contributed by atoms with Gasteiger partial charge in [-0.1, -0.05) is 0 Å². The minimum atomic E-state index is -0.456. The summed E-state index contributed by atoms with van der Waals surface area (Å²) in [7, 11) is 1.25. The van der Waals surface area contributed by atoms with Gasteiger partial charge in [-0.3, -0.25) is 0 Å². The van der Waals surface area contributed by atoms with Crippen LogP contribution in [-0.2, 0) is 18.6 Å². The molecule has 0 saturated carbocycles. The lowest BCUT2D eigenvalue weighted by molar-refractivity contribution is 0.00578. The molecule has 0 aromatic carbocycles. The van der Waals surface area contributed by atoms with E-state index >= 15 is 0 Å². The van der Waals surface area contributed by atoms with Crippen molar-refractivity contribution in [3.63, 3.8) is 0 Å². The fourth-order valence-electron chi connectivity index (χ4n) is 2.65. The predicted octanol–water partition coefficient (Wildman–Crippen LogP) is 1.30. The van der Waals surface area contributed by atoms with Crippen LogP contribution in [0.5, 0.6) is 0 Å². The first-order chi connectivity index (χ1) is 8.09. The smallest absolute Gasteiger partial charge is 0.413 e. The second-order valence-electron chi connectivity index (χ2n) is 6.97. The Bertz CT molecular complexity index is 329. The first-order valence-corrected chi connectivity index (χ1v) is 6.64. The lowest BCUT2D eigenvalue weighted by Gasteiger charge is -2.49. The van der Waals surface area contributed by atoms with Gasteiger partial charge in [-0.15, -0.1) is 0 Å². The van der Waals surface area contributed by atoms with E-state index in [1.807, 2.05) is 27.7 Å². The highest BCUT2D eigenvalue weighted by Crippen LogP contribution is 2.50. The second kappa shape index (κ2) is 3.37. The zero-order chi connectivity index (χ0) is 13.4. The molecule has 3 saturated heterocycles. The minimum Gasteiger partial charge on any atom is -0.413 e. The quantitative estimate of drug-likeness (QED) is 0.656. The molecule has 0 aliphatic carbocycles. The fourth-order valence-corrected chi connectivity index (χ4v) is 2.65. The zero-order valence-electron chi connectivity index (χ0n) is 12.1. The summed E-state index contributed by atoms with van der Waals surface area (Å²) in [5, 5.41) is 0. The van der Waals surface area contributed by atoms with Gasteiger partial charge in [0.15, 0.2) is 7.28 Å². The molecule has 2 unspecified atom stereocenters. The molecule has 0 aromatic rings. The van der Waals surface area contributed by atoms with Gasteiger partial charge in [0.25, 0.3) is 0 Å². The van der Waals surface area contributed by atoms with Crippen LogP contribution >= 0.6 is 0 Å². The molecule has 4 nitrogen and oxygen atoms in total. The first kappa shape index (κ1) is 13.0. The molecule has 97 valence electrons. The molecule has 3 aliphatic rings. The molecule has 3 aliphatic heterocycles. The molecule has 1 radical (unpaired) electrons. The average Bonchev–Trinajstić information content (AvgIpc) is 2.54. The van der Waals surface area contributed by atoms with E-state index < -0.39 is 14.0 Å². The molecule has 0 bridgehead atoms. The van der Waals surface area contributed by atoms with Gasteiger partial charge in [0.2, 0.25) is 0 Å². The molecule has 3 heterocycles. The zero-order valence-corrected chi connectivity index (χ0v) is 12.1. The summed E-state index contributed by atoms with van der Waals surface area (Å²) in [6, 6.07) is 0. The molecular weight excluding hydrogens is 229 g/mol. The van der Waals surface area contributed by atoms with Crippen molar-refractivity contribution in [2.75, 3.05) is 0 Å². The van der Waals surface area contributed by atoms with Crippen molar-refractivity contribution in [1.82, 2.24) is 0 Å². The molecule has 0 aromatic heterocycles. The molecule has 7 heteroatoms. The third-order valence-corrected chi connectivity index (χ3v) is 5.16. The van der Waals surface area contributed by atoms with Gasteiger partial charge in [-0.25, -0.2) is 0 Å². The predicted molar refractivity (Wildman–Crippen MR) is 71.4 cm³/mol. The Balaban J connectivity index is 1.76. The molecular formula is C11H20B3O4. The Kier molecular flexibility index (Phi) is 2.44. The highest BCUT2D eigenvalue weighted by molar-refractivity contribution is 7.11. The summed E-state index contributed by atoms with van der Waals surface area (Å²) in [5.41, 5.74) is -1.24. The molecule has 2 atom stereocenters. The van der Waals surface area contributed by atoms with Crippen molar-refractivity contribution < 1.29 is 18.6 Å². The van der Waals surface area contributed by atoms with E-state index in [9.17, 15) is 0 Å². The summed E-state index contributed by atoms with van der Waals surface area (Å²) in [5.74, 6) is 0. The monoisotopic (exact) mass is 249 g/mol. The molecule has 3 fully saturated rings. The lowest BCUT2D eigenvalue weighted by Crippen LogP contribution is -2.62. The van der Waals surface area contributed by atoms with Crippen molar-refractivity contribution >= 4 is 21.3 Å². The summed E-state index contributed by atoms with van der Waals surface area (Å²) in [4.78, 5) is 0. The van der Waals surface area contributed by atoms with Gasteiger partial charge in [0, 0.05) is 5.50 Å². The second-order valence-corrected chi connectivity index (χ2v) is 6.97. The van der Waals surface area contributed by atoms with Gasteiger partial charge >= 0.3 is 14.0 Å². The van der Waals surface area contributed by atoms with E-state index in [2.05, 4.69) is 21.1 Å². The first-order valence-electron chi connectivity index (χ1n) is 6.64. The Morgan fingerprint density at radius 2 is 1.28 bits per heavy atom. The van der Waals surface area contributed by atoms with Crippen LogP contribution in [-0.4, -0.2) is 43.6 Å². The number of fused-ring (bicyclic) bond motifs is 1. The topological polar surface area (TPSA) is 36.9 Å². The van der Waals surface area contributed by atoms with Crippen LogP contribution in [0.3, 0.4) is 0 Å². The van der Waals surface area contributed by atoms with Crippen molar-refractivity contribution in [3.8, 4) is 0 Å². The van der Waals surface area contributed by atoms with E-state index in [1.165, 1.54) is 0 Å². The normalized spacial score (nSPS) is 44.6. The third-order valence-electron chi connectivity index (χ3n) is 5.16. The Morgan fingerprint density at radius 1 is 0.778 bits per heavy atom. The van der Waals surface area contributed by atoms with Crippen LogP contribution in [0.4, 0.5) is 0 Å². The summed E-state index contributed by atoms with van der Waals surface area (Å²) in [6.45, 7) is 12.3. The molecule has 0 amide bonds. The van der Waals surface area contributed by atoms with E-state index in [4.69, 9.17) is 18.6 Å². The van der Waals surface area contributed by atoms with Gasteiger partial charge in [-0.05, 0) is 47.9 Å². The van der Waals surface area contributed by atoms with Crippen LogP contribution in [0.1, 0.15) is 41.5 Å². The summed E-state index contributed by atoms with van der Waals surface area (Å²) >= 11 is 0. The van der Waals surface area contributed by atoms with E-state index in [-0.39, 0.29) is 22.3 Å². The Labute approximate surface area is 111 Å². The maximum absolute atomic E-state index is 6.02. The van der Waals surface area contributed by atoms with Gasteiger partial charge in [0.05, 0.1) is 16.8 Å². The van der Waals surface area contributed by atoms with E-state index in [1.54, 1.807) is 0 Å². The number of hydrogen-bond acceptors (Lipinski definition) is 4. The van der Waals surface area contributed by atoms with E-state index in [0.29, 0.717) is 0 Å². The van der Waals surface area contributed by atoms with Crippen molar-refractivity contribution in [1.29, 1.82) is 0 Å². The average molecular weight is 249 g/mol. The lowest BCUT2D eigenvalue weighted by atomic mass is 9.38. The maximum atomic E-state index is 6.02. The highest BCUT2D eigenvalue weighted by Gasteiger charge is 2.69. The SMILES string of the molecule is CC1(C)OB(B2OC3(C)[B]CC3(C)O2)OC1(C)C. The molecule has 3 rings (SSSR count). The summed E-state index contributed by atoms with van der Waals surface area (Å²) < 4.78 is 24.0. The maximum Gasteiger partial charge on any atom is 0.488 e. The summed E-state index contributed by atoms with van der Waals surface area (Å²) in [6.07, 6.45) is 0.916. The molecule has 18 heavy (non-hydrogen) atoms. The number of hydrogen-bond donors (Lipinski definition) is 0. The van der Waals surface area contributed by atoms with Crippen LogP contribution in [0, 0.1) is 0 Å².